The van der Waals surface area contributed by atoms with Crippen LogP contribution in [0.15, 0.2) is 48.7 Å². The van der Waals surface area contributed by atoms with Crippen molar-refractivity contribution in [2.24, 2.45) is 5.92 Å². The first kappa shape index (κ1) is 35.6. The Morgan fingerprint density at radius 3 is 2.58 bits per heavy atom. The third kappa shape index (κ3) is 7.59. The molecule has 3 heterocycles. The number of amides is 4. The summed E-state index contributed by atoms with van der Waals surface area (Å²) in [5.74, 6) is -1.93. The lowest BCUT2D eigenvalue weighted by Gasteiger charge is -2.30. The summed E-state index contributed by atoms with van der Waals surface area (Å²) in [6.45, 7) is 6.80. The lowest BCUT2D eigenvalue weighted by Crippen LogP contribution is -2.58. The number of carbonyl (C=O) groups is 4. The number of carbonyl (C=O) groups excluding carboxylic acids is 4. The summed E-state index contributed by atoms with van der Waals surface area (Å²) < 4.78 is 39.2. The van der Waals surface area contributed by atoms with Gasteiger partial charge in [-0.05, 0) is 83.7 Å². The van der Waals surface area contributed by atoms with Crippen molar-refractivity contribution in [2.75, 3.05) is 6.54 Å². The average Bonchev–Trinajstić information content (AvgIpc) is 3.92. The van der Waals surface area contributed by atoms with E-state index in [1.807, 2.05) is 42.5 Å². The van der Waals surface area contributed by atoms with E-state index in [1.165, 1.54) is 4.90 Å². The molecule has 2 saturated carbocycles. The SMILES string of the molecule is CC(C)(C)OC(=O)NC1CCCCC/C=C/C2CC2(C(=O)NS(=O)(=O)C2(C)CC2)NC(=O)C2CC(Oc3nccc4ccccc34)CN2C1=O. The molecule has 5 atom stereocenters. The highest BCUT2D eigenvalue weighted by molar-refractivity contribution is 7.91. The lowest BCUT2D eigenvalue weighted by atomic mass is 10.0. The van der Waals surface area contributed by atoms with Crippen molar-refractivity contribution in [3.05, 3.63) is 48.7 Å². The van der Waals surface area contributed by atoms with Crippen LogP contribution in [-0.4, -0.2) is 82.7 Å². The zero-order valence-corrected chi connectivity index (χ0v) is 29.9. The topological polar surface area (TPSA) is 173 Å². The molecule has 1 saturated heterocycles. The van der Waals surface area contributed by atoms with E-state index in [0.29, 0.717) is 38.0 Å². The van der Waals surface area contributed by atoms with Gasteiger partial charge in [0, 0.05) is 23.9 Å². The first-order chi connectivity index (χ1) is 23.6. The van der Waals surface area contributed by atoms with Crippen molar-refractivity contribution in [2.45, 2.75) is 120 Å². The number of hydrogen-bond donors (Lipinski definition) is 3. The molecule has 2 aliphatic carbocycles. The van der Waals surface area contributed by atoms with Crippen molar-refractivity contribution >= 4 is 44.6 Å². The van der Waals surface area contributed by atoms with Crippen LogP contribution in [0.3, 0.4) is 0 Å². The highest BCUT2D eigenvalue weighted by atomic mass is 32.2. The van der Waals surface area contributed by atoms with Crippen LogP contribution in [0.5, 0.6) is 5.88 Å². The zero-order chi connectivity index (χ0) is 35.9. The van der Waals surface area contributed by atoms with Gasteiger partial charge in [-0.25, -0.2) is 18.2 Å². The summed E-state index contributed by atoms with van der Waals surface area (Å²) >= 11 is 0. The third-order valence-electron chi connectivity index (χ3n) is 10.1. The highest BCUT2D eigenvalue weighted by Gasteiger charge is 2.63. The maximum Gasteiger partial charge on any atom is 0.408 e. The van der Waals surface area contributed by atoms with E-state index in [2.05, 4.69) is 20.3 Å². The van der Waals surface area contributed by atoms with Crippen molar-refractivity contribution < 1.29 is 37.1 Å². The molecule has 1 aromatic heterocycles. The van der Waals surface area contributed by atoms with E-state index in [-0.39, 0.29) is 19.4 Å². The molecule has 14 heteroatoms. The summed E-state index contributed by atoms with van der Waals surface area (Å²) in [6.07, 6.45) is 8.49. The molecule has 6 rings (SSSR count). The van der Waals surface area contributed by atoms with Gasteiger partial charge in [-0.15, -0.1) is 0 Å². The minimum absolute atomic E-state index is 0.0174. The van der Waals surface area contributed by atoms with Crippen molar-refractivity contribution in [3.8, 4) is 5.88 Å². The number of nitrogens with zero attached hydrogens (tertiary/aromatic N) is 2. The number of nitrogens with one attached hydrogen (secondary N) is 3. The molecular formula is C36H47N5O8S. The van der Waals surface area contributed by atoms with E-state index in [9.17, 15) is 27.6 Å². The van der Waals surface area contributed by atoms with Gasteiger partial charge < -0.3 is 25.0 Å². The summed E-state index contributed by atoms with van der Waals surface area (Å²) in [7, 11) is -3.97. The molecule has 270 valence electrons. The van der Waals surface area contributed by atoms with Crippen LogP contribution in [0.25, 0.3) is 10.8 Å². The van der Waals surface area contributed by atoms with Gasteiger partial charge in [0.05, 0.1) is 11.3 Å². The minimum Gasteiger partial charge on any atom is -0.472 e. The molecule has 3 fully saturated rings. The molecule has 0 radical (unpaired) electrons. The van der Waals surface area contributed by atoms with E-state index >= 15 is 0 Å². The molecule has 4 amide bonds. The first-order valence-corrected chi connectivity index (χ1v) is 19.0. The van der Waals surface area contributed by atoms with Crippen LogP contribution in [0.2, 0.25) is 0 Å². The van der Waals surface area contributed by atoms with Crippen LogP contribution in [-0.2, 0) is 29.1 Å². The van der Waals surface area contributed by atoms with Crippen molar-refractivity contribution in [1.82, 2.24) is 25.2 Å². The number of aromatic nitrogens is 1. The normalized spacial score (nSPS) is 28.9. The number of rotatable bonds is 6. The zero-order valence-electron chi connectivity index (χ0n) is 29.1. The quantitative estimate of drug-likeness (QED) is 0.377. The van der Waals surface area contributed by atoms with E-state index in [4.69, 9.17) is 9.47 Å². The molecule has 3 N–H and O–H groups in total. The number of benzene rings is 1. The second-order valence-corrected chi connectivity index (χ2v) is 17.4. The highest BCUT2D eigenvalue weighted by Crippen LogP contribution is 2.47. The lowest BCUT2D eigenvalue weighted by molar-refractivity contribution is -0.141. The maximum absolute atomic E-state index is 14.4. The maximum atomic E-state index is 14.4. The number of sulfonamides is 1. The van der Waals surface area contributed by atoms with E-state index in [0.717, 1.165) is 23.6 Å². The Morgan fingerprint density at radius 1 is 1.08 bits per heavy atom. The van der Waals surface area contributed by atoms with Crippen molar-refractivity contribution in [1.29, 1.82) is 0 Å². The number of fused-ring (bicyclic) bond motifs is 3. The fraction of sp³-hybridized carbons (Fsp3) is 0.583. The molecule has 13 nitrogen and oxygen atoms in total. The van der Waals surface area contributed by atoms with Gasteiger partial charge in [-0.1, -0.05) is 43.2 Å². The third-order valence-corrected chi connectivity index (χ3v) is 12.2. The Bertz CT molecular complexity index is 1800. The van der Waals surface area contributed by atoms with Crippen LogP contribution < -0.4 is 20.1 Å². The van der Waals surface area contributed by atoms with Gasteiger partial charge in [-0.2, -0.15) is 0 Å². The van der Waals surface area contributed by atoms with Crippen LogP contribution in [0, 0.1) is 5.92 Å². The van der Waals surface area contributed by atoms with Gasteiger partial charge in [-0.3, -0.25) is 19.1 Å². The van der Waals surface area contributed by atoms with Crippen LogP contribution >= 0.6 is 0 Å². The first-order valence-electron chi connectivity index (χ1n) is 17.5. The fourth-order valence-electron chi connectivity index (χ4n) is 6.74. The number of pyridine rings is 1. The van der Waals surface area contributed by atoms with Crippen LogP contribution in [0.4, 0.5) is 4.79 Å². The summed E-state index contributed by atoms with van der Waals surface area (Å²) in [5, 5.41) is 7.31. The van der Waals surface area contributed by atoms with Crippen molar-refractivity contribution in [3.63, 3.8) is 0 Å². The fourth-order valence-corrected chi connectivity index (χ4v) is 8.05. The Balaban J connectivity index is 1.30. The molecule has 4 aliphatic rings. The molecule has 1 aromatic carbocycles. The van der Waals surface area contributed by atoms with Gasteiger partial charge in [0.25, 0.3) is 5.91 Å². The molecule has 0 spiro atoms. The van der Waals surface area contributed by atoms with Gasteiger partial charge in [0.2, 0.25) is 27.7 Å². The predicted octanol–water partition coefficient (Wildman–Crippen LogP) is 3.87. The summed E-state index contributed by atoms with van der Waals surface area (Å²) in [5.41, 5.74) is -2.29. The molecule has 2 aromatic rings. The second kappa shape index (κ2) is 13.5. The monoisotopic (exact) mass is 709 g/mol. The van der Waals surface area contributed by atoms with Gasteiger partial charge in [0.1, 0.15) is 29.3 Å². The average molecular weight is 710 g/mol. The Hall–Kier alpha value is -4.20. The molecule has 5 unspecified atom stereocenters. The largest absolute Gasteiger partial charge is 0.472 e. The molecule has 50 heavy (non-hydrogen) atoms. The van der Waals surface area contributed by atoms with Gasteiger partial charge >= 0.3 is 6.09 Å². The molecular weight excluding hydrogens is 662 g/mol. The predicted molar refractivity (Wildman–Crippen MR) is 185 cm³/mol. The Labute approximate surface area is 293 Å². The number of ether oxygens (including phenoxy) is 2. The number of alkyl carbamates (subject to hydrolysis) is 1. The van der Waals surface area contributed by atoms with E-state index < -0.39 is 73.8 Å². The summed E-state index contributed by atoms with van der Waals surface area (Å²) in [4.78, 5) is 61.1. The van der Waals surface area contributed by atoms with Gasteiger partial charge in [0.15, 0.2) is 0 Å². The standard InChI is InChI=1S/C36H47N5O8S/c1-34(2,3)49-33(45)38-27-15-9-7-5-6-8-13-24-21-36(24,32(44)40-50(46,47)35(4)17-18-35)39-29(42)28-20-25(22-41(28)31(27)43)48-30-26-14-11-10-12-23(26)16-19-37-30/h8,10-14,16,19,24-25,27-28H,5-7,9,15,17-18,20-22H2,1-4H3,(H,38,45)(H,39,42)(H,40,44)/b13-8+. The summed E-state index contributed by atoms with van der Waals surface area (Å²) in [6, 6.07) is 7.38. The number of allylic oxidation sites excluding steroid dienone is 1. The Kier molecular flexibility index (Phi) is 9.61. The molecule has 0 bridgehead atoms. The van der Waals surface area contributed by atoms with E-state index in [1.54, 1.807) is 33.9 Å². The molecule has 2 aliphatic heterocycles. The van der Waals surface area contributed by atoms with Crippen LogP contribution in [0.1, 0.15) is 85.5 Å². The minimum atomic E-state index is -3.97. The Morgan fingerprint density at radius 2 is 1.84 bits per heavy atom. The second-order valence-electron chi connectivity index (χ2n) is 15.2. The number of hydrogen-bond acceptors (Lipinski definition) is 9. The smallest absolute Gasteiger partial charge is 0.408 e.